The van der Waals surface area contributed by atoms with Gasteiger partial charge in [-0.1, -0.05) is 23.5 Å². The van der Waals surface area contributed by atoms with E-state index in [1.807, 2.05) is 0 Å². The smallest absolute Gasteiger partial charge is 0.189 e. The van der Waals surface area contributed by atoms with Gasteiger partial charge in [0.25, 0.3) is 0 Å². The summed E-state index contributed by atoms with van der Waals surface area (Å²) < 4.78 is 29.1. The first-order valence-electron chi connectivity index (χ1n) is 5.96. The predicted octanol–water partition coefficient (Wildman–Crippen LogP) is 0.204. The zero-order valence-corrected chi connectivity index (χ0v) is 9.25. The average Bonchev–Trinajstić information content (AvgIpc) is 2.25. The number of carbonyl (C=O) groups excluding carboxylic acids is 2. The van der Waals surface area contributed by atoms with Gasteiger partial charge in [0.1, 0.15) is 0 Å². The third-order valence-corrected chi connectivity index (χ3v) is 2.56. The Kier molecular flexibility index (Phi) is 5.54. The van der Waals surface area contributed by atoms with E-state index >= 15 is 0 Å². The molecule has 0 radical (unpaired) electrons. The summed E-state index contributed by atoms with van der Waals surface area (Å²) in [4.78, 5) is 22.7. The maximum Gasteiger partial charge on any atom is 0.189 e. The van der Waals surface area contributed by atoms with Crippen LogP contribution >= 0.6 is 23.5 Å². The molecule has 14 heavy (non-hydrogen) atoms. The van der Waals surface area contributed by atoms with Gasteiger partial charge in [0.05, 0.1) is 0 Å². The molecule has 0 saturated heterocycles. The Hall–Kier alpha value is -0.0400. The van der Waals surface area contributed by atoms with Crippen LogP contribution < -0.4 is 11.5 Å². The largest absolute Gasteiger partial charge is 0.330 e. The van der Waals surface area contributed by atoms with E-state index in [0.29, 0.717) is 23.5 Å². The molecule has 0 bridgehead atoms. The first kappa shape index (κ1) is 8.15. The second kappa shape index (κ2) is 9.51. The fraction of sp³-hybridized carbons (Fsp3) is 0.750. The standard InChI is InChI=1S/C8H16N2O2S2/c9-3-5-13-7(11)1-2-8(12)14-6-4-10/h1-6,9-10H2/i5D2,6D2. The van der Waals surface area contributed by atoms with Crippen LogP contribution in [-0.4, -0.2) is 34.7 Å². The molecule has 0 amide bonds. The number of thioether (sulfide) groups is 2. The second-order valence-corrected chi connectivity index (χ2v) is 4.04. The van der Waals surface area contributed by atoms with Gasteiger partial charge in [0.15, 0.2) is 10.2 Å². The van der Waals surface area contributed by atoms with E-state index in [1.165, 1.54) is 0 Å². The first-order chi connectivity index (χ1) is 8.12. The van der Waals surface area contributed by atoms with Gasteiger partial charge in [-0.2, -0.15) is 0 Å². The van der Waals surface area contributed by atoms with Gasteiger partial charge in [-0.3, -0.25) is 9.59 Å². The Labute approximate surface area is 98.2 Å². The number of rotatable bonds is 7. The van der Waals surface area contributed by atoms with E-state index in [-0.39, 0.29) is 25.9 Å². The summed E-state index contributed by atoms with van der Waals surface area (Å²) in [7, 11) is 0. The minimum absolute atomic E-state index is 0.142. The van der Waals surface area contributed by atoms with Crippen LogP contribution in [0.4, 0.5) is 0 Å². The van der Waals surface area contributed by atoms with Crippen LogP contribution in [0.25, 0.3) is 0 Å². The Balaban J connectivity index is 4.04. The molecule has 0 aromatic rings. The van der Waals surface area contributed by atoms with Gasteiger partial charge in [0, 0.05) is 42.8 Å². The summed E-state index contributed by atoms with van der Waals surface area (Å²) in [5.74, 6) is 0. The molecule has 0 aliphatic heterocycles. The summed E-state index contributed by atoms with van der Waals surface area (Å²) in [5.41, 5.74) is 6.59. The van der Waals surface area contributed by atoms with Gasteiger partial charge in [-0.25, -0.2) is 0 Å². The quantitative estimate of drug-likeness (QED) is 0.661. The molecule has 0 heterocycles. The monoisotopic (exact) mass is 240 g/mol. The number of carbonyl (C=O) groups is 2. The van der Waals surface area contributed by atoms with Gasteiger partial charge >= 0.3 is 0 Å². The molecule has 0 unspecified atom stereocenters. The lowest BCUT2D eigenvalue weighted by Crippen LogP contribution is -2.07. The zero-order valence-electron chi connectivity index (χ0n) is 11.6. The molecule has 0 rings (SSSR count). The lowest BCUT2D eigenvalue weighted by atomic mass is 10.4. The summed E-state index contributed by atoms with van der Waals surface area (Å²) in [6, 6.07) is 0. The Bertz CT molecular complexity index is 285. The molecule has 0 aliphatic rings. The van der Waals surface area contributed by atoms with Crippen molar-refractivity contribution in [2.75, 3.05) is 24.5 Å². The fourth-order valence-corrected chi connectivity index (χ4v) is 1.45. The van der Waals surface area contributed by atoms with E-state index in [1.54, 1.807) is 0 Å². The SMILES string of the molecule is [2H]C([2H])(CN)SC(=O)CCC(=O)SC([2H])([2H])CN. The van der Waals surface area contributed by atoms with Crippen molar-refractivity contribution in [3.8, 4) is 0 Å². The van der Waals surface area contributed by atoms with Crippen LogP contribution in [0, 0.1) is 0 Å². The van der Waals surface area contributed by atoms with E-state index in [9.17, 15) is 9.59 Å². The van der Waals surface area contributed by atoms with E-state index in [0.717, 1.165) is 0 Å². The number of hydrogen-bond acceptors (Lipinski definition) is 6. The first-order valence-corrected chi connectivity index (χ1v) is 5.59. The van der Waals surface area contributed by atoms with Crippen LogP contribution in [0.5, 0.6) is 0 Å². The maximum absolute atomic E-state index is 11.3. The minimum atomic E-state index is -1.83. The normalized spacial score (nSPS) is 16.4. The van der Waals surface area contributed by atoms with Crippen molar-refractivity contribution in [1.82, 2.24) is 0 Å². The molecule has 82 valence electrons. The molecule has 0 aromatic heterocycles. The highest BCUT2D eigenvalue weighted by molar-refractivity contribution is 8.14. The lowest BCUT2D eigenvalue weighted by Gasteiger charge is -1.99. The minimum Gasteiger partial charge on any atom is -0.330 e. The van der Waals surface area contributed by atoms with Crippen molar-refractivity contribution in [2.45, 2.75) is 12.8 Å². The molecule has 4 N–H and O–H groups in total. The summed E-state index contributed by atoms with van der Waals surface area (Å²) in [5, 5.41) is -0.958. The lowest BCUT2D eigenvalue weighted by molar-refractivity contribution is -0.115. The summed E-state index contributed by atoms with van der Waals surface area (Å²) >= 11 is 0.914. The molecule has 0 aliphatic carbocycles. The van der Waals surface area contributed by atoms with E-state index in [4.69, 9.17) is 17.0 Å². The highest BCUT2D eigenvalue weighted by Gasteiger charge is 2.07. The maximum atomic E-state index is 11.3. The molecule has 4 nitrogen and oxygen atoms in total. The van der Waals surface area contributed by atoms with E-state index < -0.39 is 21.6 Å². The van der Waals surface area contributed by atoms with Crippen LogP contribution in [-0.2, 0) is 9.59 Å². The predicted molar refractivity (Wildman–Crippen MR) is 62.3 cm³/mol. The average molecular weight is 240 g/mol. The third kappa shape index (κ3) is 8.55. The van der Waals surface area contributed by atoms with Crippen molar-refractivity contribution in [3.05, 3.63) is 0 Å². The number of hydrogen-bond donors (Lipinski definition) is 2. The van der Waals surface area contributed by atoms with Crippen LogP contribution in [0.3, 0.4) is 0 Å². The molecule has 0 fully saturated rings. The van der Waals surface area contributed by atoms with Crippen LogP contribution in [0.15, 0.2) is 0 Å². The highest BCUT2D eigenvalue weighted by Crippen LogP contribution is 2.11. The summed E-state index contributed by atoms with van der Waals surface area (Å²) in [6.07, 6.45) is -0.284. The Morgan fingerprint density at radius 2 is 1.36 bits per heavy atom. The topological polar surface area (TPSA) is 86.2 Å². The highest BCUT2D eigenvalue weighted by atomic mass is 32.2. The van der Waals surface area contributed by atoms with Crippen LogP contribution in [0.2, 0.25) is 0 Å². The number of nitrogens with two attached hydrogens (primary N) is 2. The van der Waals surface area contributed by atoms with Gasteiger partial charge in [-0.05, 0) is 0 Å². The molecule has 0 saturated carbocycles. The summed E-state index contributed by atoms with van der Waals surface area (Å²) in [6.45, 7) is -0.580. The molecular formula is C8H16N2O2S2. The van der Waals surface area contributed by atoms with Crippen molar-refractivity contribution in [3.63, 3.8) is 0 Å². The van der Waals surface area contributed by atoms with Gasteiger partial charge < -0.3 is 11.5 Å². The zero-order chi connectivity index (χ0) is 14.4. The Morgan fingerprint density at radius 1 is 1.00 bits per heavy atom. The van der Waals surface area contributed by atoms with Gasteiger partial charge in [0.2, 0.25) is 0 Å². The molecule has 0 atom stereocenters. The van der Waals surface area contributed by atoms with Crippen molar-refractivity contribution in [1.29, 1.82) is 0 Å². The van der Waals surface area contributed by atoms with Crippen molar-refractivity contribution < 1.29 is 15.1 Å². The van der Waals surface area contributed by atoms with Crippen LogP contribution in [0.1, 0.15) is 18.3 Å². The fourth-order valence-electron chi connectivity index (χ4n) is 0.551. The molecule has 0 spiro atoms. The van der Waals surface area contributed by atoms with Gasteiger partial charge in [-0.15, -0.1) is 0 Å². The van der Waals surface area contributed by atoms with Crippen molar-refractivity contribution >= 4 is 33.8 Å². The van der Waals surface area contributed by atoms with Crippen molar-refractivity contribution in [2.24, 2.45) is 11.5 Å². The second-order valence-electron chi connectivity index (χ2n) is 2.15. The molecule has 0 aromatic carbocycles. The third-order valence-electron chi connectivity index (χ3n) is 1.07. The van der Waals surface area contributed by atoms with E-state index in [2.05, 4.69) is 0 Å². The molecular weight excluding hydrogens is 220 g/mol. The Morgan fingerprint density at radius 3 is 1.64 bits per heavy atom. The molecule has 6 heteroatoms.